The molecule has 1 fully saturated rings. The van der Waals surface area contributed by atoms with Gasteiger partial charge in [-0.1, -0.05) is 0 Å². The second-order valence-corrected chi connectivity index (χ2v) is 4.31. The first-order valence-corrected chi connectivity index (χ1v) is 6.10. The van der Waals surface area contributed by atoms with Gasteiger partial charge in [0.15, 0.2) is 11.5 Å². The van der Waals surface area contributed by atoms with Gasteiger partial charge in [-0.25, -0.2) is 4.98 Å². The SMILES string of the molecule is CNc1nc(NC2CCCOC2)c2[nH]cnc2n1. The number of nitrogens with one attached hydrogen (secondary N) is 3. The molecular weight excluding hydrogens is 232 g/mol. The fourth-order valence-electron chi connectivity index (χ4n) is 2.10. The first-order valence-electron chi connectivity index (χ1n) is 6.10. The zero-order valence-electron chi connectivity index (χ0n) is 10.2. The molecule has 1 aliphatic rings. The molecule has 7 nitrogen and oxygen atoms in total. The van der Waals surface area contributed by atoms with Gasteiger partial charge in [-0.05, 0) is 12.8 Å². The van der Waals surface area contributed by atoms with Crippen LogP contribution in [0.2, 0.25) is 0 Å². The van der Waals surface area contributed by atoms with Crippen LogP contribution < -0.4 is 10.6 Å². The fraction of sp³-hybridized carbons (Fsp3) is 0.545. The van der Waals surface area contributed by atoms with Crippen molar-refractivity contribution < 1.29 is 4.74 Å². The lowest BCUT2D eigenvalue weighted by molar-refractivity contribution is 0.0875. The van der Waals surface area contributed by atoms with Gasteiger partial charge in [0.25, 0.3) is 0 Å². The summed E-state index contributed by atoms with van der Waals surface area (Å²) in [6, 6.07) is 0.296. The molecule has 0 aliphatic carbocycles. The molecule has 1 saturated heterocycles. The van der Waals surface area contributed by atoms with Gasteiger partial charge < -0.3 is 20.4 Å². The molecule has 0 aromatic carbocycles. The number of hydrogen-bond acceptors (Lipinski definition) is 6. The number of ether oxygens (including phenoxy) is 1. The first kappa shape index (κ1) is 11.2. The van der Waals surface area contributed by atoms with Crippen molar-refractivity contribution in [2.24, 2.45) is 0 Å². The van der Waals surface area contributed by atoms with E-state index in [1.807, 2.05) is 0 Å². The summed E-state index contributed by atoms with van der Waals surface area (Å²) in [6.07, 6.45) is 3.80. The van der Waals surface area contributed by atoms with Gasteiger partial charge in [0, 0.05) is 13.7 Å². The monoisotopic (exact) mass is 248 g/mol. The second kappa shape index (κ2) is 4.77. The summed E-state index contributed by atoms with van der Waals surface area (Å²) in [6.45, 7) is 1.57. The van der Waals surface area contributed by atoms with Crippen LogP contribution in [0.15, 0.2) is 6.33 Å². The zero-order chi connectivity index (χ0) is 12.4. The van der Waals surface area contributed by atoms with Gasteiger partial charge in [-0.3, -0.25) is 0 Å². The summed E-state index contributed by atoms with van der Waals surface area (Å²) >= 11 is 0. The van der Waals surface area contributed by atoms with Gasteiger partial charge in [0.05, 0.1) is 19.0 Å². The molecule has 1 atom stereocenters. The summed E-state index contributed by atoms with van der Waals surface area (Å²) < 4.78 is 5.46. The number of nitrogens with zero attached hydrogens (tertiary/aromatic N) is 3. The highest BCUT2D eigenvalue weighted by molar-refractivity contribution is 5.83. The average molecular weight is 248 g/mol. The van der Waals surface area contributed by atoms with Crippen LogP contribution in [0.5, 0.6) is 0 Å². The maximum absolute atomic E-state index is 5.46. The van der Waals surface area contributed by atoms with Crippen LogP contribution in [-0.4, -0.2) is 46.2 Å². The first-order chi connectivity index (χ1) is 8.86. The Bertz CT molecular complexity index is 533. The highest BCUT2D eigenvalue weighted by atomic mass is 16.5. The zero-order valence-corrected chi connectivity index (χ0v) is 10.2. The topological polar surface area (TPSA) is 87.8 Å². The molecule has 2 aromatic rings. The minimum atomic E-state index is 0.296. The van der Waals surface area contributed by atoms with Gasteiger partial charge in [-0.15, -0.1) is 0 Å². The van der Waals surface area contributed by atoms with E-state index >= 15 is 0 Å². The standard InChI is InChI=1S/C11H16N6O/c1-12-11-16-9-8(13-6-14-9)10(17-11)15-7-3-2-4-18-5-7/h6-7H,2-5H2,1H3,(H3,12,13,14,15,16,17). The molecule has 1 aliphatic heterocycles. The number of imidazole rings is 1. The van der Waals surface area contributed by atoms with Crippen molar-refractivity contribution in [2.75, 3.05) is 30.9 Å². The molecule has 18 heavy (non-hydrogen) atoms. The molecule has 0 bridgehead atoms. The van der Waals surface area contributed by atoms with E-state index in [0.717, 1.165) is 30.8 Å². The van der Waals surface area contributed by atoms with Crippen molar-refractivity contribution in [2.45, 2.75) is 18.9 Å². The molecule has 0 saturated carbocycles. The number of anilines is 2. The third kappa shape index (κ3) is 2.08. The number of rotatable bonds is 3. The molecule has 2 aromatic heterocycles. The van der Waals surface area contributed by atoms with Crippen LogP contribution >= 0.6 is 0 Å². The predicted octanol–water partition coefficient (Wildman–Crippen LogP) is 0.985. The molecular formula is C11H16N6O. The van der Waals surface area contributed by atoms with E-state index in [0.29, 0.717) is 24.2 Å². The largest absolute Gasteiger partial charge is 0.379 e. The van der Waals surface area contributed by atoms with Crippen molar-refractivity contribution in [3.05, 3.63) is 6.33 Å². The Kier molecular flexibility index (Phi) is 2.97. The Morgan fingerprint density at radius 3 is 3.17 bits per heavy atom. The van der Waals surface area contributed by atoms with Gasteiger partial charge in [0.1, 0.15) is 5.52 Å². The van der Waals surface area contributed by atoms with Crippen LogP contribution in [0.1, 0.15) is 12.8 Å². The third-order valence-corrected chi connectivity index (χ3v) is 3.01. The number of hydrogen-bond donors (Lipinski definition) is 3. The molecule has 0 amide bonds. The second-order valence-electron chi connectivity index (χ2n) is 4.31. The lowest BCUT2D eigenvalue weighted by Crippen LogP contribution is -2.30. The smallest absolute Gasteiger partial charge is 0.226 e. The minimum Gasteiger partial charge on any atom is -0.379 e. The molecule has 0 spiro atoms. The minimum absolute atomic E-state index is 0.296. The quantitative estimate of drug-likeness (QED) is 0.750. The Balaban J connectivity index is 1.91. The molecule has 3 rings (SSSR count). The van der Waals surface area contributed by atoms with Gasteiger partial charge in [0.2, 0.25) is 5.95 Å². The maximum Gasteiger partial charge on any atom is 0.226 e. The summed E-state index contributed by atoms with van der Waals surface area (Å²) in [5, 5.41) is 6.34. The van der Waals surface area contributed by atoms with E-state index in [4.69, 9.17) is 4.74 Å². The highest BCUT2D eigenvalue weighted by Crippen LogP contribution is 2.21. The summed E-state index contributed by atoms with van der Waals surface area (Å²) in [4.78, 5) is 15.9. The summed E-state index contributed by atoms with van der Waals surface area (Å²) in [5.41, 5.74) is 1.49. The number of aromatic nitrogens is 4. The number of H-pyrrole nitrogens is 1. The molecule has 7 heteroatoms. The van der Waals surface area contributed by atoms with Crippen molar-refractivity contribution in [1.82, 2.24) is 19.9 Å². The van der Waals surface area contributed by atoms with Crippen LogP contribution in [0, 0.1) is 0 Å². The maximum atomic E-state index is 5.46. The van der Waals surface area contributed by atoms with E-state index < -0.39 is 0 Å². The fourth-order valence-corrected chi connectivity index (χ4v) is 2.10. The summed E-state index contributed by atoms with van der Waals surface area (Å²) in [5.74, 6) is 1.34. The van der Waals surface area contributed by atoms with E-state index in [-0.39, 0.29) is 0 Å². The molecule has 0 radical (unpaired) electrons. The number of fused-ring (bicyclic) bond motifs is 1. The lowest BCUT2D eigenvalue weighted by atomic mass is 10.1. The Morgan fingerprint density at radius 1 is 1.44 bits per heavy atom. The predicted molar refractivity (Wildman–Crippen MR) is 68.7 cm³/mol. The van der Waals surface area contributed by atoms with Crippen LogP contribution in [0.4, 0.5) is 11.8 Å². The van der Waals surface area contributed by atoms with Gasteiger partial charge >= 0.3 is 0 Å². The van der Waals surface area contributed by atoms with Crippen molar-refractivity contribution >= 4 is 22.9 Å². The molecule has 96 valence electrons. The van der Waals surface area contributed by atoms with E-state index in [9.17, 15) is 0 Å². The van der Waals surface area contributed by atoms with E-state index in [1.54, 1.807) is 13.4 Å². The Morgan fingerprint density at radius 2 is 2.39 bits per heavy atom. The highest BCUT2D eigenvalue weighted by Gasteiger charge is 2.17. The van der Waals surface area contributed by atoms with Crippen molar-refractivity contribution in [1.29, 1.82) is 0 Å². The Hall–Kier alpha value is -1.89. The van der Waals surface area contributed by atoms with Crippen molar-refractivity contribution in [3.63, 3.8) is 0 Å². The average Bonchev–Trinajstić information content (AvgIpc) is 2.88. The van der Waals surface area contributed by atoms with Crippen LogP contribution in [0.3, 0.4) is 0 Å². The van der Waals surface area contributed by atoms with Gasteiger partial charge in [-0.2, -0.15) is 9.97 Å². The Labute approximate surface area is 104 Å². The molecule has 3 N–H and O–H groups in total. The number of aromatic amines is 1. The van der Waals surface area contributed by atoms with Crippen LogP contribution in [-0.2, 0) is 4.74 Å². The molecule has 3 heterocycles. The van der Waals surface area contributed by atoms with Crippen LogP contribution in [0.25, 0.3) is 11.2 Å². The third-order valence-electron chi connectivity index (χ3n) is 3.01. The van der Waals surface area contributed by atoms with E-state index in [2.05, 4.69) is 30.6 Å². The van der Waals surface area contributed by atoms with Crippen molar-refractivity contribution in [3.8, 4) is 0 Å². The lowest BCUT2D eigenvalue weighted by Gasteiger charge is -2.23. The summed E-state index contributed by atoms with van der Waals surface area (Å²) in [7, 11) is 1.79. The van der Waals surface area contributed by atoms with E-state index in [1.165, 1.54) is 0 Å². The normalized spacial score (nSPS) is 19.9. The molecule has 1 unspecified atom stereocenters.